The molecule has 0 saturated heterocycles. The van der Waals surface area contributed by atoms with Crippen molar-refractivity contribution < 1.29 is 5.11 Å². The zero-order valence-corrected chi connectivity index (χ0v) is 7.78. The topological polar surface area (TPSA) is 45.0 Å². The molecule has 1 aliphatic rings. The Labute approximate surface area is 77.1 Å². The summed E-state index contributed by atoms with van der Waals surface area (Å²) in [6, 6.07) is 4.09. The Balaban J connectivity index is 2.42. The molecule has 0 spiro atoms. The monoisotopic (exact) mass is 176 g/mol. The molecule has 0 aromatic heterocycles. The van der Waals surface area contributed by atoms with Gasteiger partial charge in [0, 0.05) is 5.56 Å². The summed E-state index contributed by atoms with van der Waals surface area (Å²) in [5.74, 6) is 0. The number of hydrogen-bond acceptors (Lipinski definition) is 3. The lowest BCUT2D eigenvalue weighted by atomic mass is 9.99. The average molecular weight is 176 g/mol. The van der Waals surface area contributed by atoms with Crippen molar-refractivity contribution in [1.29, 1.82) is 0 Å². The minimum Gasteiger partial charge on any atom is -0.392 e. The Morgan fingerprint density at radius 1 is 1.23 bits per heavy atom. The quantitative estimate of drug-likeness (QED) is 0.738. The molecule has 1 aliphatic heterocycles. The SMILES string of the molecule is Cc1cc(C2N=N2)cc(C)c1CO. The van der Waals surface area contributed by atoms with Gasteiger partial charge in [-0.15, -0.1) is 0 Å². The van der Waals surface area contributed by atoms with Crippen LogP contribution in [0.1, 0.15) is 28.4 Å². The normalized spacial score (nSPS) is 15.0. The fourth-order valence-electron chi connectivity index (χ4n) is 1.59. The molecule has 13 heavy (non-hydrogen) atoms. The highest BCUT2D eigenvalue weighted by molar-refractivity contribution is 5.39. The number of nitrogens with zero attached hydrogens (tertiary/aromatic N) is 2. The largest absolute Gasteiger partial charge is 0.392 e. The maximum atomic E-state index is 9.10. The van der Waals surface area contributed by atoms with Gasteiger partial charge in [0.2, 0.25) is 6.17 Å². The highest BCUT2D eigenvalue weighted by atomic mass is 16.3. The number of aliphatic hydroxyl groups is 1. The van der Waals surface area contributed by atoms with Crippen molar-refractivity contribution >= 4 is 0 Å². The predicted octanol–water partition coefficient (Wildman–Crippen LogP) is 2.26. The molecule has 1 aromatic carbocycles. The van der Waals surface area contributed by atoms with Crippen LogP contribution in [0, 0.1) is 13.8 Å². The van der Waals surface area contributed by atoms with E-state index in [-0.39, 0.29) is 12.8 Å². The van der Waals surface area contributed by atoms with Crippen molar-refractivity contribution in [3.8, 4) is 0 Å². The van der Waals surface area contributed by atoms with Gasteiger partial charge in [-0.05, 0) is 30.5 Å². The first-order chi connectivity index (χ1) is 6.22. The molecule has 1 heterocycles. The Bertz CT molecular complexity index is 342. The van der Waals surface area contributed by atoms with Crippen LogP contribution < -0.4 is 0 Å². The van der Waals surface area contributed by atoms with Gasteiger partial charge in [0.05, 0.1) is 6.61 Å². The van der Waals surface area contributed by atoms with E-state index in [4.69, 9.17) is 5.11 Å². The van der Waals surface area contributed by atoms with E-state index in [2.05, 4.69) is 10.2 Å². The van der Waals surface area contributed by atoms with Crippen LogP contribution in [0.25, 0.3) is 0 Å². The lowest BCUT2D eigenvalue weighted by Crippen LogP contribution is -1.95. The third kappa shape index (κ3) is 1.47. The Morgan fingerprint density at radius 3 is 2.15 bits per heavy atom. The highest BCUT2D eigenvalue weighted by Crippen LogP contribution is 2.32. The van der Waals surface area contributed by atoms with Crippen LogP contribution >= 0.6 is 0 Å². The van der Waals surface area contributed by atoms with Gasteiger partial charge in [-0.1, -0.05) is 12.1 Å². The van der Waals surface area contributed by atoms with Gasteiger partial charge >= 0.3 is 0 Å². The molecule has 0 unspecified atom stereocenters. The molecule has 1 N–H and O–H groups in total. The van der Waals surface area contributed by atoms with Gasteiger partial charge in [-0.25, -0.2) is 0 Å². The van der Waals surface area contributed by atoms with E-state index in [9.17, 15) is 0 Å². The fourth-order valence-corrected chi connectivity index (χ4v) is 1.59. The van der Waals surface area contributed by atoms with Crippen LogP contribution in [0.3, 0.4) is 0 Å². The molecule has 68 valence electrons. The summed E-state index contributed by atoms with van der Waals surface area (Å²) in [7, 11) is 0. The molecule has 3 heteroatoms. The lowest BCUT2D eigenvalue weighted by molar-refractivity contribution is 0.280. The zero-order valence-electron chi connectivity index (χ0n) is 7.78. The van der Waals surface area contributed by atoms with E-state index in [0.29, 0.717) is 0 Å². The standard InChI is InChI=1S/C10H12N2O/c1-6-3-8(10-11-12-10)4-7(2)9(6)5-13/h3-4,10,13H,5H2,1-2H3. The molecule has 1 aromatic rings. The molecule has 0 atom stereocenters. The lowest BCUT2D eigenvalue weighted by Gasteiger charge is -2.08. The molecular weight excluding hydrogens is 164 g/mol. The predicted molar refractivity (Wildman–Crippen MR) is 49.4 cm³/mol. The van der Waals surface area contributed by atoms with Crippen molar-refractivity contribution in [3.05, 3.63) is 34.4 Å². The highest BCUT2D eigenvalue weighted by Gasteiger charge is 2.19. The van der Waals surface area contributed by atoms with Gasteiger partial charge < -0.3 is 5.11 Å². The second kappa shape index (κ2) is 2.92. The number of hydrogen-bond donors (Lipinski definition) is 1. The maximum Gasteiger partial charge on any atom is 0.206 e. The second-order valence-electron chi connectivity index (χ2n) is 3.40. The van der Waals surface area contributed by atoms with Crippen LogP contribution in [0.4, 0.5) is 0 Å². The van der Waals surface area contributed by atoms with Crippen LogP contribution in [-0.2, 0) is 6.61 Å². The average Bonchev–Trinajstić information content (AvgIpc) is 2.85. The van der Waals surface area contributed by atoms with E-state index in [1.807, 2.05) is 26.0 Å². The maximum absolute atomic E-state index is 9.10. The van der Waals surface area contributed by atoms with Crippen LogP contribution in [0.15, 0.2) is 22.4 Å². The third-order valence-corrected chi connectivity index (χ3v) is 2.41. The summed E-state index contributed by atoms with van der Waals surface area (Å²) < 4.78 is 0. The zero-order chi connectivity index (χ0) is 9.42. The molecular formula is C10H12N2O. The summed E-state index contributed by atoms with van der Waals surface area (Å²) in [5, 5.41) is 16.8. The molecule has 0 bridgehead atoms. The number of benzene rings is 1. The second-order valence-corrected chi connectivity index (χ2v) is 3.40. The summed E-state index contributed by atoms with van der Waals surface area (Å²) in [6.45, 7) is 4.12. The molecule has 0 radical (unpaired) electrons. The van der Waals surface area contributed by atoms with Gasteiger partial charge in [-0.3, -0.25) is 0 Å². The summed E-state index contributed by atoms with van der Waals surface area (Å²) in [5.41, 5.74) is 4.39. The smallest absolute Gasteiger partial charge is 0.206 e. The van der Waals surface area contributed by atoms with E-state index >= 15 is 0 Å². The summed E-state index contributed by atoms with van der Waals surface area (Å²) in [4.78, 5) is 0. The Morgan fingerprint density at radius 2 is 1.77 bits per heavy atom. The van der Waals surface area contributed by atoms with E-state index < -0.39 is 0 Å². The van der Waals surface area contributed by atoms with E-state index in [1.165, 1.54) is 0 Å². The molecule has 0 aliphatic carbocycles. The number of rotatable bonds is 2. The first kappa shape index (κ1) is 8.38. The molecule has 0 saturated carbocycles. The van der Waals surface area contributed by atoms with Gasteiger partial charge in [0.1, 0.15) is 0 Å². The third-order valence-electron chi connectivity index (χ3n) is 2.41. The van der Waals surface area contributed by atoms with E-state index in [0.717, 1.165) is 22.3 Å². The minimum absolute atomic E-state index is 0.0603. The van der Waals surface area contributed by atoms with Gasteiger partial charge in [-0.2, -0.15) is 10.2 Å². The number of aryl methyl sites for hydroxylation is 2. The van der Waals surface area contributed by atoms with Crippen molar-refractivity contribution in [1.82, 2.24) is 0 Å². The van der Waals surface area contributed by atoms with Crippen molar-refractivity contribution in [2.75, 3.05) is 0 Å². The molecule has 3 nitrogen and oxygen atoms in total. The summed E-state index contributed by atoms with van der Waals surface area (Å²) in [6.07, 6.45) is 0.0603. The van der Waals surface area contributed by atoms with Crippen LogP contribution in [-0.4, -0.2) is 5.11 Å². The molecule has 2 rings (SSSR count). The van der Waals surface area contributed by atoms with Crippen LogP contribution in [0.2, 0.25) is 0 Å². The molecule has 0 fully saturated rings. The summed E-state index contributed by atoms with van der Waals surface area (Å²) >= 11 is 0. The van der Waals surface area contributed by atoms with Crippen molar-refractivity contribution in [2.45, 2.75) is 26.6 Å². The first-order valence-corrected chi connectivity index (χ1v) is 4.33. The Hall–Kier alpha value is -1.22. The van der Waals surface area contributed by atoms with Crippen LogP contribution in [0.5, 0.6) is 0 Å². The van der Waals surface area contributed by atoms with E-state index in [1.54, 1.807) is 0 Å². The first-order valence-electron chi connectivity index (χ1n) is 4.33. The fraction of sp³-hybridized carbons (Fsp3) is 0.400. The number of aliphatic hydroxyl groups excluding tert-OH is 1. The van der Waals surface area contributed by atoms with Crippen molar-refractivity contribution in [3.63, 3.8) is 0 Å². The minimum atomic E-state index is 0.0603. The van der Waals surface area contributed by atoms with Gasteiger partial charge in [0.15, 0.2) is 0 Å². The Kier molecular flexibility index (Phi) is 1.88. The van der Waals surface area contributed by atoms with Gasteiger partial charge in [0.25, 0.3) is 0 Å². The van der Waals surface area contributed by atoms with Crippen molar-refractivity contribution in [2.24, 2.45) is 10.2 Å². The molecule has 0 amide bonds.